The minimum atomic E-state index is -0.136. The summed E-state index contributed by atoms with van der Waals surface area (Å²) in [5.74, 6) is 1.61. The molecule has 1 aromatic heterocycles. The first-order valence-electron chi connectivity index (χ1n) is 8.30. The highest BCUT2D eigenvalue weighted by atomic mass is 16.7. The number of hydrogen-bond acceptors (Lipinski definition) is 6. The zero-order chi connectivity index (χ0) is 17.6. The molecule has 2 aromatic rings. The molecule has 1 unspecified atom stereocenters. The minimum absolute atomic E-state index is 0.136. The largest absolute Gasteiger partial charge is 0.492 e. The summed E-state index contributed by atoms with van der Waals surface area (Å²) in [5, 5.41) is 3.46. The van der Waals surface area contributed by atoms with Crippen LogP contribution >= 0.6 is 0 Å². The molecule has 1 aliphatic heterocycles. The molecule has 0 saturated carbocycles. The van der Waals surface area contributed by atoms with Crippen molar-refractivity contribution in [1.29, 1.82) is 0 Å². The molecule has 2 heterocycles. The maximum atomic E-state index is 10.9. The van der Waals surface area contributed by atoms with E-state index in [1.165, 1.54) is 5.17 Å². The lowest BCUT2D eigenvalue weighted by Gasteiger charge is -2.31. The highest BCUT2D eigenvalue weighted by molar-refractivity contribution is 5.37. The summed E-state index contributed by atoms with van der Waals surface area (Å²) < 4.78 is 5.79. The SMILES string of the molecule is CCC1=CC(c2nc(C)c[nH]2)N(CCOc2ccccc2)N1OC=O. The summed E-state index contributed by atoms with van der Waals surface area (Å²) in [6, 6.07) is 9.48. The number of ether oxygens (including phenoxy) is 1. The molecule has 1 N–H and O–H groups in total. The molecule has 0 fully saturated rings. The molecule has 1 atom stereocenters. The van der Waals surface area contributed by atoms with E-state index in [-0.39, 0.29) is 6.04 Å². The predicted octanol–water partition coefficient (Wildman–Crippen LogP) is 2.75. The van der Waals surface area contributed by atoms with Crippen LogP contribution in [0.4, 0.5) is 0 Å². The number of carbonyl (C=O) groups excluding carboxylic acids is 1. The summed E-state index contributed by atoms with van der Waals surface area (Å²) in [6.07, 6.45) is 4.64. The van der Waals surface area contributed by atoms with E-state index >= 15 is 0 Å². The third-order valence-electron chi connectivity index (χ3n) is 3.99. The Morgan fingerprint density at radius 3 is 2.76 bits per heavy atom. The maximum absolute atomic E-state index is 10.9. The maximum Gasteiger partial charge on any atom is 0.322 e. The molecule has 132 valence electrons. The summed E-state index contributed by atoms with van der Waals surface area (Å²) in [5.41, 5.74) is 1.82. The van der Waals surface area contributed by atoms with Gasteiger partial charge >= 0.3 is 6.47 Å². The fraction of sp³-hybridized carbons (Fsp3) is 0.333. The predicted molar refractivity (Wildman–Crippen MR) is 92.1 cm³/mol. The van der Waals surface area contributed by atoms with Crippen LogP contribution in [0.15, 0.2) is 48.3 Å². The number of nitrogens with zero attached hydrogens (tertiary/aromatic N) is 3. The number of aromatic amines is 1. The fourth-order valence-electron chi connectivity index (χ4n) is 2.84. The van der Waals surface area contributed by atoms with Crippen LogP contribution in [0.25, 0.3) is 0 Å². The van der Waals surface area contributed by atoms with Gasteiger partial charge in [-0.3, -0.25) is 4.79 Å². The van der Waals surface area contributed by atoms with Gasteiger partial charge in [0, 0.05) is 6.20 Å². The number of hydrogen-bond donors (Lipinski definition) is 1. The Bertz CT molecular complexity index is 729. The summed E-state index contributed by atoms with van der Waals surface area (Å²) in [7, 11) is 0. The lowest BCUT2D eigenvalue weighted by atomic mass is 10.2. The third-order valence-corrected chi connectivity index (χ3v) is 3.99. The third kappa shape index (κ3) is 3.83. The van der Waals surface area contributed by atoms with Crippen LogP contribution in [-0.4, -0.2) is 39.8 Å². The van der Waals surface area contributed by atoms with Crippen LogP contribution in [-0.2, 0) is 9.63 Å². The van der Waals surface area contributed by atoms with Crippen molar-refractivity contribution in [3.05, 3.63) is 59.8 Å². The van der Waals surface area contributed by atoms with E-state index in [1.54, 1.807) is 0 Å². The molecule has 7 heteroatoms. The number of hydroxylamine groups is 1. The molecule has 0 bridgehead atoms. The van der Waals surface area contributed by atoms with Gasteiger partial charge in [-0.15, -0.1) is 5.17 Å². The first-order valence-corrected chi connectivity index (χ1v) is 8.30. The number of aryl methyl sites for hydroxylation is 1. The molecule has 25 heavy (non-hydrogen) atoms. The van der Waals surface area contributed by atoms with Gasteiger partial charge in [0.05, 0.1) is 17.9 Å². The summed E-state index contributed by atoms with van der Waals surface area (Å²) >= 11 is 0. The quantitative estimate of drug-likeness (QED) is 0.744. The number of para-hydroxylation sites is 1. The standard InChI is InChI=1S/C18H22N4O3/c1-3-15-11-17(18-19-12-14(2)20-18)21(22(15)25-13-23)9-10-24-16-7-5-4-6-8-16/h4-8,11-13,17H,3,9-10H2,1-2H3,(H,19,20). The molecule has 3 rings (SSSR count). The Kier molecular flexibility index (Phi) is 5.35. The Morgan fingerprint density at radius 1 is 1.32 bits per heavy atom. The van der Waals surface area contributed by atoms with E-state index < -0.39 is 0 Å². The molecule has 0 spiro atoms. The van der Waals surface area contributed by atoms with Gasteiger partial charge in [-0.2, -0.15) is 5.01 Å². The monoisotopic (exact) mass is 342 g/mol. The highest BCUT2D eigenvalue weighted by Gasteiger charge is 2.35. The molecule has 0 amide bonds. The topological polar surface area (TPSA) is 70.7 Å². The second-order valence-electron chi connectivity index (χ2n) is 5.68. The summed E-state index contributed by atoms with van der Waals surface area (Å²) in [6.45, 7) is 5.37. The van der Waals surface area contributed by atoms with E-state index in [0.717, 1.165) is 29.4 Å². The van der Waals surface area contributed by atoms with E-state index in [0.29, 0.717) is 19.6 Å². The van der Waals surface area contributed by atoms with Crippen molar-refractivity contribution in [2.75, 3.05) is 13.2 Å². The van der Waals surface area contributed by atoms with Gasteiger partial charge in [0.25, 0.3) is 0 Å². The number of allylic oxidation sites excluding steroid dienone is 1. The Morgan fingerprint density at radius 2 is 2.12 bits per heavy atom. The van der Waals surface area contributed by atoms with Gasteiger partial charge in [0.15, 0.2) is 0 Å². The van der Waals surface area contributed by atoms with Gasteiger partial charge in [-0.1, -0.05) is 25.1 Å². The van der Waals surface area contributed by atoms with E-state index in [2.05, 4.69) is 9.97 Å². The van der Waals surface area contributed by atoms with Crippen molar-refractivity contribution >= 4 is 6.47 Å². The van der Waals surface area contributed by atoms with Crippen molar-refractivity contribution in [3.8, 4) is 5.75 Å². The number of hydrazine groups is 1. The molecule has 7 nitrogen and oxygen atoms in total. The van der Waals surface area contributed by atoms with Crippen LogP contribution in [0.1, 0.15) is 30.9 Å². The zero-order valence-corrected chi connectivity index (χ0v) is 14.4. The number of carbonyl (C=O) groups is 1. The summed E-state index contributed by atoms with van der Waals surface area (Å²) in [4.78, 5) is 23.8. The van der Waals surface area contributed by atoms with E-state index in [9.17, 15) is 4.79 Å². The normalized spacial score (nSPS) is 17.4. The lowest BCUT2D eigenvalue weighted by Crippen LogP contribution is -2.41. The Balaban J connectivity index is 1.74. The molecule has 0 radical (unpaired) electrons. The van der Waals surface area contributed by atoms with Gasteiger partial charge in [0.1, 0.15) is 24.2 Å². The number of nitrogens with one attached hydrogen (secondary N) is 1. The molecule has 1 aromatic carbocycles. The van der Waals surface area contributed by atoms with Gasteiger partial charge in [-0.05, 0) is 31.6 Å². The van der Waals surface area contributed by atoms with E-state index in [4.69, 9.17) is 9.57 Å². The second-order valence-corrected chi connectivity index (χ2v) is 5.68. The van der Waals surface area contributed by atoms with Crippen LogP contribution < -0.4 is 4.74 Å². The van der Waals surface area contributed by atoms with Crippen LogP contribution in [0.5, 0.6) is 5.75 Å². The smallest absolute Gasteiger partial charge is 0.322 e. The number of aromatic nitrogens is 2. The Hall–Kier alpha value is -2.80. The average molecular weight is 342 g/mol. The molecule has 0 aliphatic carbocycles. The molecule has 0 saturated heterocycles. The van der Waals surface area contributed by atoms with Crippen LogP contribution in [0.3, 0.4) is 0 Å². The van der Waals surface area contributed by atoms with Crippen LogP contribution in [0, 0.1) is 6.92 Å². The van der Waals surface area contributed by atoms with Crippen molar-refractivity contribution in [2.45, 2.75) is 26.3 Å². The average Bonchev–Trinajstić information content (AvgIpc) is 3.20. The van der Waals surface area contributed by atoms with Gasteiger partial charge < -0.3 is 14.6 Å². The van der Waals surface area contributed by atoms with E-state index in [1.807, 2.05) is 61.5 Å². The van der Waals surface area contributed by atoms with Gasteiger partial charge in [-0.25, -0.2) is 4.98 Å². The first-order chi connectivity index (χ1) is 12.2. The van der Waals surface area contributed by atoms with Crippen molar-refractivity contribution < 1.29 is 14.4 Å². The minimum Gasteiger partial charge on any atom is -0.492 e. The fourth-order valence-corrected chi connectivity index (χ4v) is 2.84. The molecule has 1 aliphatic rings. The number of benzene rings is 1. The molecular formula is C18H22N4O3. The van der Waals surface area contributed by atoms with Crippen molar-refractivity contribution in [3.63, 3.8) is 0 Å². The highest BCUT2D eigenvalue weighted by Crippen LogP contribution is 2.33. The number of rotatable bonds is 8. The number of imidazole rings is 1. The lowest BCUT2D eigenvalue weighted by molar-refractivity contribution is -0.238. The number of H-pyrrole nitrogens is 1. The first kappa shape index (κ1) is 17.0. The van der Waals surface area contributed by atoms with Crippen molar-refractivity contribution in [2.24, 2.45) is 0 Å². The Labute approximate surface area is 146 Å². The second kappa shape index (κ2) is 7.85. The van der Waals surface area contributed by atoms with Crippen LogP contribution in [0.2, 0.25) is 0 Å². The zero-order valence-electron chi connectivity index (χ0n) is 14.4. The molecular weight excluding hydrogens is 320 g/mol. The van der Waals surface area contributed by atoms with Gasteiger partial charge in [0.2, 0.25) is 0 Å². The van der Waals surface area contributed by atoms with Crippen molar-refractivity contribution in [1.82, 2.24) is 20.1 Å².